The van der Waals surface area contributed by atoms with Crippen LogP contribution in [0.3, 0.4) is 0 Å². The van der Waals surface area contributed by atoms with E-state index in [4.69, 9.17) is 18.7 Å². The molecular formula is C19H25N3O6. The van der Waals surface area contributed by atoms with Crippen molar-refractivity contribution >= 4 is 11.8 Å². The maximum absolute atomic E-state index is 12.5. The van der Waals surface area contributed by atoms with E-state index in [9.17, 15) is 9.59 Å². The van der Waals surface area contributed by atoms with E-state index in [2.05, 4.69) is 10.5 Å². The van der Waals surface area contributed by atoms with Crippen LogP contribution in [0.1, 0.15) is 27.4 Å². The van der Waals surface area contributed by atoms with Crippen molar-refractivity contribution in [3.63, 3.8) is 0 Å². The number of hydrogen-bond donors (Lipinski definition) is 1. The van der Waals surface area contributed by atoms with Gasteiger partial charge in [0.2, 0.25) is 11.7 Å². The molecule has 0 atom stereocenters. The molecule has 28 heavy (non-hydrogen) atoms. The van der Waals surface area contributed by atoms with Crippen molar-refractivity contribution in [1.29, 1.82) is 0 Å². The smallest absolute Gasteiger partial charge is 0.251 e. The number of benzene rings is 1. The lowest BCUT2D eigenvalue weighted by Gasteiger charge is -2.18. The second-order valence-corrected chi connectivity index (χ2v) is 6.15. The molecule has 2 aromatic rings. The summed E-state index contributed by atoms with van der Waals surface area (Å²) in [5.74, 6) is 1.08. The number of ether oxygens (including phenoxy) is 3. The van der Waals surface area contributed by atoms with Gasteiger partial charge in [-0.25, -0.2) is 0 Å². The lowest BCUT2D eigenvalue weighted by molar-refractivity contribution is -0.129. The van der Waals surface area contributed by atoms with E-state index in [0.29, 0.717) is 29.6 Å². The van der Waals surface area contributed by atoms with Gasteiger partial charge in [-0.2, -0.15) is 0 Å². The molecule has 0 aliphatic carbocycles. The molecular weight excluding hydrogens is 366 g/mol. The van der Waals surface area contributed by atoms with E-state index in [-0.39, 0.29) is 18.0 Å². The molecule has 0 aliphatic rings. The van der Waals surface area contributed by atoms with Crippen LogP contribution in [0.25, 0.3) is 0 Å². The van der Waals surface area contributed by atoms with Crippen LogP contribution in [0.15, 0.2) is 16.7 Å². The van der Waals surface area contributed by atoms with Gasteiger partial charge in [-0.05, 0) is 26.0 Å². The van der Waals surface area contributed by atoms with Crippen molar-refractivity contribution in [3.05, 3.63) is 34.7 Å². The van der Waals surface area contributed by atoms with E-state index >= 15 is 0 Å². The highest BCUT2D eigenvalue weighted by atomic mass is 16.5. The zero-order valence-electron chi connectivity index (χ0n) is 16.9. The number of aromatic nitrogens is 1. The maximum Gasteiger partial charge on any atom is 0.251 e. The minimum absolute atomic E-state index is 0.157. The second kappa shape index (κ2) is 9.12. The number of rotatable bonds is 8. The Bertz CT molecular complexity index is 817. The molecule has 0 bridgehead atoms. The maximum atomic E-state index is 12.5. The fraction of sp³-hybridized carbons (Fsp3) is 0.421. The zero-order valence-corrected chi connectivity index (χ0v) is 16.9. The van der Waals surface area contributed by atoms with Gasteiger partial charge in [-0.3, -0.25) is 9.59 Å². The number of methoxy groups -OCH3 is 3. The van der Waals surface area contributed by atoms with Crippen LogP contribution in [-0.4, -0.2) is 56.8 Å². The molecule has 0 fully saturated rings. The Morgan fingerprint density at radius 3 is 2.18 bits per heavy atom. The van der Waals surface area contributed by atoms with Crippen molar-refractivity contribution in [2.75, 3.05) is 34.9 Å². The molecule has 9 nitrogen and oxygen atoms in total. The van der Waals surface area contributed by atoms with Gasteiger partial charge in [-0.1, -0.05) is 5.16 Å². The molecule has 1 aromatic carbocycles. The van der Waals surface area contributed by atoms with Gasteiger partial charge in [0, 0.05) is 18.2 Å². The van der Waals surface area contributed by atoms with Crippen molar-refractivity contribution in [3.8, 4) is 17.2 Å². The third-order valence-electron chi connectivity index (χ3n) is 4.33. The van der Waals surface area contributed by atoms with Gasteiger partial charge in [0.25, 0.3) is 5.91 Å². The predicted octanol–water partition coefficient (Wildman–Crippen LogP) is 1.71. The van der Waals surface area contributed by atoms with Crippen molar-refractivity contribution in [1.82, 2.24) is 15.4 Å². The van der Waals surface area contributed by atoms with Crippen molar-refractivity contribution in [2.24, 2.45) is 0 Å². The van der Waals surface area contributed by atoms with Gasteiger partial charge in [0.15, 0.2) is 11.5 Å². The van der Waals surface area contributed by atoms with Gasteiger partial charge in [-0.15, -0.1) is 0 Å². The largest absolute Gasteiger partial charge is 0.493 e. The van der Waals surface area contributed by atoms with Gasteiger partial charge < -0.3 is 29.0 Å². The zero-order chi connectivity index (χ0) is 20.8. The quantitative estimate of drug-likeness (QED) is 0.730. The minimum atomic E-state index is -0.432. The van der Waals surface area contributed by atoms with Gasteiger partial charge in [0.05, 0.1) is 40.1 Å². The Hall–Kier alpha value is -3.23. The molecule has 9 heteroatoms. The standard InChI is InChI=1S/C19H25N3O6/c1-11-14(12(2)28-21-11)10-22(3)17(23)9-20-19(24)13-7-15(25-4)18(27-6)16(8-13)26-5/h7-8H,9-10H2,1-6H3,(H,20,24). The van der Waals surface area contributed by atoms with Crippen molar-refractivity contribution in [2.45, 2.75) is 20.4 Å². The first kappa shape index (κ1) is 21.1. The molecule has 1 N–H and O–H groups in total. The van der Waals surface area contributed by atoms with E-state index in [1.165, 1.54) is 38.4 Å². The monoisotopic (exact) mass is 391 g/mol. The van der Waals surface area contributed by atoms with Crippen LogP contribution in [0.5, 0.6) is 17.2 Å². The highest BCUT2D eigenvalue weighted by Gasteiger charge is 2.19. The molecule has 1 heterocycles. The number of carbonyl (C=O) groups excluding carboxylic acids is 2. The summed E-state index contributed by atoms with van der Waals surface area (Å²) in [5, 5.41) is 6.48. The molecule has 2 rings (SSSR count). The molecule has 0 spiro atoms. The van der Waals surface area contributed by atoms with Gasteiger partial charge >= 0.3 is 0 Å². The van der Waals surface area contributed by atoms with Crippen LogP contribution < -0.4 is 19.5 Å². The Balaban J connectivity index is 2.04. The number of aryl methyl sites for hydroxylation is 2. The number of nitrogens with one attached hydrogen (secondary N) is 1. The van der Waals surface area contributed by atoms with E-state index in [1.807, 2.05) is 6.92 Å². The summed E-state index contributed by atoms with van der Waals surface area (Å²) in [4.78, 5) is 26.3. The van der Waals surface area contributed by atoms with Crippen LogP contribution in [0.4, 0.5) is 0 Å². The van der Waals surface area contributed by atoms with Crippen LogP contribution in [0, 0.1) is 13.8 Å². The highest BCUT2D eigenvalue weighted by molar-refractivity contribution is 5.97. The summed E-state index contributed by atoms with van der Waals surface area (Å²) in [6.07, 6.45) is 0. The van der Waals surface area contributed by atoms with Crippen LogP contribution >= 0.6 is 0 Å². The molecule has 1 aromatic heterocycles. The summed E-state index contributed by atoms with van der Waals surface area (Å²) in [6.45, 7) is 3.80. The second-order valence-electron chi connectivity index (χ2n) is 6.15. The topological polar surface area (TPSA) is 103 Å². The first-order valence-corrected chi connectivity index (χ1v) is 8.56. The lowest BCUT2D eigenvalue weighted by atomic mass is 10.1. The number of carbonyl (C=O) groups is 2. The Kier molecular flexibility index (Phi) is 6.86. The van der Waals surface area contributed by atoms with E-state index in [0.717, 1.165) is 11.3 Å². The molecule has 152 valence electrons. The summed E-state index contributed by atoms with van der Waals surface area (Å²) < 4.78 is 20.8. The molecule has 0 saturated carbocycles. The highest BCUT2D eigenvalue weighted by Crippen LogP contribution is 2.38. The number of amides is 2. The minimum Gasteiger partial charge on any atom is -0.493 e. The van der Waals surface area contributed by atoms with Crippen LogP contribution in [-0.2, 0) is 11.3 Å². The molecule has 0 saturated heterocycles. The average molecular weight is 391 g/mol. The average Bonchev–Trinajstić information content (AvgIpc) is 3.02. The van der Waals surface area contributed by atoms with Crippen LogP contribution in [0.2, 0.25) is 0 Å². The predicted molar refractivity (Wildman–Crippen MR) is 101 cm³/mol. The summed E-state index contributed by atoms with van der Waals surface area (Å²) in [6, 6.07) is 3.05. The normalized spacial score (nSPS) is 10.4. The number of nitrogens with zero attached hydrogens (tertiary/aromatic N) is 2. The SMILES string of the molecule is COc1cc(C(=O)NCC(=O)N(C)Cc2c(C)noc2C)cc(OC)c1OC. The molecule has 0 unspecified atom stereocenters. The Morgan fingerprint density at radius 2 is 1.71 bits per heavy atom. The fourth-order valence-corrected chi connectivity index (χ4v) is 2.66. The molecule has 2 amide bonds. The Labute approximate surface area is 163 Å². The number of likely N-dealkylation sites (N-methyl/N-ethyl adjacent to an activating group) is 1. The molecule has 0 radical (unpaired) electrons. The molecule has 0 aliphatic heterocycles. The van der Waals surface area contributed by atoms with E-state index in [1.54, 1.807) is 14.0 Å². The Morgan fingerprint density at radius 1 is 1.11 bits per heavy atom. The number of hydrogen-bond acceptors (Lipinski definition) is 7. The summed E-state index contributed by atoms with van der Waals surface area (Å²) >= 11 is 0. The van der Waals surface area contributed by atoms with Crippen molar-refractivity contribution < 1.29 is 28.3 Å². The fourth-order valence-electron chi connectivity index (χ4n) is 2.66. The van der Waals surface area contributed by atoms with E-state index < -0.39 is 5.91 Å². The first-order chi connectivity index (χ1) is 13.3. The summed E-state index contributed by atoms with van der Waals surface area (Å²) in [7, 11) is 6.06. The third kappa shape index (κ3) is 4.54. The summed E-state index contributed by atoms with van der Waals surface area (Å²) in [5.41, 5.74) is 1.88. The first-order valence-electron chi connectivity index (χ1n) is 8.56. The van der Waals surface area contributed by atoms with Gasteiger partial charge in [0.1, 0.15) is 5.76 Å². The third-order valence-corrected chi connectivity index (χ3v) is 4.33. The lowest BCUT2D eigenvalue weighted by Crippen LogP contribution is -2.38.